The number of thiazole rings is 1. The molecule has 96 valence electrons. The number of nitrogens with one attached hydrogen (secondary N) is 1. The van der Waals surface area contributed by atoms with Crippen LogP contribution in [0.25, 0.3) is 0 Å². The molecule has 0 spiro atoms. The Morgan fingerprint density at radius 1 is 1.61 bits per heavy atom. The van der Waals surface area contributed by atoms with Gasteiger partial charge in [-0.1, -0.05) is 11.3 Å². The van der Waals surface area contributed by atoms with Gasteiger partial charge in [0.25, 0.3) is 11.6 Å². The number of hydrogen-bond acceptors (Lipinski definition) is 7. The van der Waals surface area contributed by atoms with Crippen molar-refractivity contribution in [3.8, 4) is 6.01 Å². The van der Waals surface area contributed by atoms with E-state index in [1.807, 2.05) is 0 Å². The molecule has 3 N–H and O–H groups in total. The van der Waals surface area contributed by atoms with Crippen LogP contribution < -0.4 is 21.6 Å². The summed E-state index contributed by atoms with van der Waals surface area (Å²) in [4.78, 5) is 21.0. The predicted molar refractivity (Wildman–Crippen MR) is 68.8 cm³/mol. The lowest BCUT2D eigenvalue weighted by Crippen LogP contribution is -2.22. The average Bonchev–Trinajstić information content (AvgIpc) is 2.80. The molecule has 0 aliphatic carbocycles. The highest BCUT2D eigenvalue weighted by Gasteiger charge is 2.09. The van der Waals surface area contributed by atoms with E-state index in [0.29, 0.717) is 17.4 Å². The third kappa shape index (κ3) is 2.49. The third-order valence-corrected chi connectivity index (χ3v) is 3.19. The van der Waals surface area contributed by atoms with Crippen molar-refractivity contribution < 1.29 is 4.74 Å². The van der Waals surface area contributed by atoms with Crippen molar-refractivity contribution in [1.29, 1.82) is 0 Å². The molecule has 0 saturated carbocycles. The lowest BCUT2D eigenvalue weighted by atomic mass is 10.4. The van der Waals surface area contributed by atoms with Gasteiger partial charge in [0, 0.05) is 22.8 Å². The summed E-state index contributed by atoms with van der Waals surface area (Å²) < 4.78 is 6.55. The molecule has 0 saturated heterocycles. The first-order chi connectivity index (χ1) is 8.63. The molecule has 0 aliphatic heterocycles. The summed E-state index contributed by atoms with van der Waals surface area (Å²) in [5.41, 5.74) is 2.93. The van der Waals surface area contributed by atoms with Gasteiger partial charge in [-0.3, -0.25) is 14.8 Å². The molecule has 0 atom stereocenters. The average molecular weight is 267 g/mol. The minimum Gasteiger partial charge on any atom is -0.468 e. The Labute approximate surface area is 107 Å². The number of ether oxygens (including phenoxy) is 1. The second-order valence-corrected chi connectivity index (χ2v) is 4.70. The van der Waals surface area contributed by atoms with Crippen LogP contribution in [0.1, 0.15) is 10.6 Å². The van der Waals surface area contributed by atoms with Gasteiger partial charge in [-0.25, -0.2) is 15.8 Å². The minimum atomic E-state index is -0.157. The fourth-order valence-corrected chi connectivity index (χ4v) is 2.21. The van der Waals surface area contributed by atoms with Crippen LogP contribution in [0.3, 0.4) is 0 Å². The van der Waals surface area contributed by atoms with E-state index < -0.39 is 0 Å². The topological polar surface area (TPSA) is 95.1 Å². The summed E-state index contributed by atoms with van der Waals surface area (Å²) in [7, 11) is 1.48. The molecule has 0 bridgehead atoms. The SMILES string of the molecule is COc1nc(C)cc(=O)n1Cc1cnc(NN)s1. The van der Waals surface area contributed by atoms with E-state index in [-0.39, 0.29) is 11.6 Å². The highest BCUT2D eigenvalue weighted by atomic mass is 32.1. The van der Waals surface area contributed by atoms with Gasteiger partial charge in [-0.05, 0) is 6.92 Å². The van der Waals surface area contributed by atoms with Crippen LogP contribution in [0.4, 0.5) is 5.13 Å². The van der Waals surface area contributed by atoms with E-state index in [9.17, 15) is 4.79 Å². The summed E-state index contributed by atoms with van der Waals surface area (Å²) in [6, 6.07) is 1.75. The number of rotatable bonds is 4. The van der Waals surface area contributed by atoms with Gasteiger partial charge < -0.3 is 4.74 Å². The van der Waals surface area contributed by atoms with Crippen molar-refractivity contribution in [2.45, 2.75) is 13.5 Å². The zero-order chi connectivity index (χ0) is 13.1. The fourth-order valence-electron chi connectivity index (χ4n) is 1.50. The number of methoxy groups -OCH3 is 1. The van der Waals surface area contributed by atoms with Crippen LogP contribution >= 0.6 is 11.3 Å². The van der Waals surface area contributed by atoms with Crippen LogP contribution in [-0.4, -0.2) is 21.6 Å². The van der Waals surface area contributed by atoms with Crippen molar-refractivity contribution in [2.24, 2.45) is 5.84 Å². The number of hydrogen-bond donors (Lipinski definition) is 2. The summed E-state index contributed by atoms with van der Waals surface area (Å²) in [6.45, 7) is 2.10. The Balaban J connectivity index is 2.36. The van der Waals surface area contributed by atoms with Gasteiger partial charge in [-0.15, -0.1) is 0 Å². The maximum Gasteiger partial charge on any atom is 0.299 e. The Hall–Kier alpha value is -1.93. The first-order valence-electron chi connectivity index (χ1n) is 5.18. The van der Waals surface area contributed by atoms with Crippen LogP contribution in [0.2, 0.25) is 0 Å². The second kappa shape index (κ2) is 5.15. The van der Waals surface area contributed by atoms with Gasteiger partial charge in [0.15, 0.2) is 5.13 Å². The Morgan fingerprint density at radius 2 is 2.39 bits per heavy atom. The molecular weight excluding hydrogens is 254 g/mol. The molecule has 18 heavy (non-hydrogen) atoms. The maximum absolute atomic E-state index is 11.9. The number of hydrazine groups is 1. The normalized spacial score (nSPS) is 10.4. The van der Waals surface area contributed by atoms with Crippen LogP contribution in [0.15, 0.2) is 17.1 Å². The van der Waals surface area contributed by atoms with Gasteiger partial charge in [-0.2, -0.15) is 0 Å². The standard InChI is InChI=1S/C10H13N5O2S/c1-6-3-8(16)15(10(13-6)17-2)5-7-4-12-9(14-11)18-7/h3-4H,5,11H2,1-2H3,(H,12,14). The van der Waals surface area contributed by atoms with E-state index in [0.717, 1.165) is 4.88 Å². The van der Waals surface area contributed by atoms with Crippen LogP contribution in [-0.2, 0) is 6.54 Å². The van der Waals surface area contributed by atoms with E-state index in [1.165, 1.54) is 29.1 Å². The highest BCUT2D eigenvalue weighted by molar-refractivity contribution is 7.15. The second-order valence-electron chi connectivity index (χ2n) is 3.58. The first-order valence-corrected chi connectivity index (χ1v) is 5.99. The monoisotopic (exact) mass is 267 g/mol. The Bertz CT molecular complexity index is 607. The molecule has 0 unspecified atom stereocenters. The molecule has 0 fully saturated rings. The molecule has 0 aliphatic rings. The highest BCUT2D eigenvalue weighted by Crippen LogP contribution is 2.18. The van der Waals surface area contributed by atoms with Crippen LogP contribution in [0, 0.1) is 6.92 Å². The summed E-state index contributed by atoms with van der Waals surface area (Å²) >= 11 is 1.37. The molecule has 0 aromatic carbocycles. The number of nitrogens with zero attached hydrogens (tertiary/aromatic N) is 3. The number of anilines is 1. The van der Waals surface area contributed by atoms with Crippen molar-refractivity contribution in [2.75, 3.05) is 12.5 Å². The number of aromatic nitrogens is 3. The molecule has 2 aromatic heterocycles. The molecule has 2 aromatic rings. The van der Waals surface area contributed by atoms with Crippen molar-refractivity contribution >= 4 is 16.5 Å². The molecular formula is C10H13N5O2S. The van der Waals surface area contributed by atoms with E-state index in [4.69, 9.17) is 10.6 Å². The molecule has 2 heterocycles. The summed E-state index contributed by atoms with van der Waals surface area (Å²) in [5, 5.41) is 0.595. The number of nitrogen functional groups attached to an aromatic ring is 1. The summed E-state index contributed by atoms with van der Waals surface area (Å²) in [6.07, 6.45) is 1.66. The lowest BCUT2D eigenvalue weighted by Gasteiger charge is -2.09. The van der Waals surface area contributed by atoms with Gasteiger partial charge in [0.1, 0.15) is 0 Å². The number of nitrogens with two attached hydrogens (primary N) is 1. The largest absolute Gasteiger partial charge is 0.468 e. The molecule has 0 radical (unpaired) electrons. The minimum absolute atomic E-state index is 0.157. The van der Waals surface area contributed by atoms with E-state index in [2.05, 4.69) is 15.4 Å². The zero-order valence-corrected chi connectivity index (χ0v) is 10.8. The quantitative estimate of drug-likeness (QED) is 0.613. The van der Waals surface area contributed by atoms with Gasteiger partial charge in [0.2, 0.25) is 0 Å². The summed E-state index contributed by atoms with van der Waals surface area (Å²) in [5.74, 6) is 5.25. The van der Waals surface area contributed by atoms with E-state index in [1.54, 1.807) is 13.1 Å². The maximum atomic E-state index is 11.9. The molecule has 0 amide bonds. The molecule has 7 nitrogen and oxygen atoms in total. The van der Waals surface area contributed by atoms with Gasteiger partial charge in [0.05, 0.1) is 13.7 Å². The lowest BCUT2D eigenvalue weighted by molar-refractivity contribution is 0.350. The first kappa shape index (κ1) is 12.5. The van der Waals surface area contributed by atoms with Crippen molar-refractivity contribution in [3.05, 3.63) is 33.2 Å². The van der Waals surface area contributed by atoms with Crippen molar-refractivity contribution in [1.82, 2.24) is 14.5 Å². The fraction of sp³-hybridized carbons (Fsp3) is 0.300. The predicted octanol–water partition coefficient (Wildman–Crippen LogP) is 0.351. The zero-order valence-electron chi connectivity index (χ0n) is 10.0. The Kier molecular flexibility index (Phi) is 3.58. The van der Waals surface area contributed by atoms with Crippen molar-refractivity contribution in [3.63, 3.8) is 0 Å². The number of aryl methyl sites for hydroxylation is 1. The van der Waals surface area contributed by atoms with Crippen LogP contribution in [0.5, 0.6) is 6.01 Å². The van der Waals surface area contributed by atoms with Gasteiger partial charge >= 0.3 is 0 Å². The van der Waals surface area contributed by atoms with E-state index >= 15 is 0 Å². The third-order valence-electron chi connectivity index (χ3n) is 2.27. The smallest absolute Gasteiger partial charge is 0.299 e. The molecule has 2 rings (SSSR count). The molecule has 8 heteroatoms. The Morgan fingerprint density at radius 3 is 3.00 bits per heavy atom.